The molecule has 3 rings (SSSR count). The van der Waals surface area contributed by atoms with Crippen LogP contribution in [0.1, 0.15) is 76.9 Å². The van der Waals surface area contributed by atoms with E-state index in [9.17, 15) is 20.1 Å². The van der Waals surface area contributed by atoms with E-state index in [1.165, 1.54) is 25.7 Å². The van der Waals surface area contributed by atoms with Gasteiger partial charge in [-0.3, -0.25) is 4.79 Å². The fourth-order valence-electron chi connectivity index (χ4n) is 4.68. The first kappa shape index (κ1) is 30.4. The zero-order valence-electron chi connectivity index (χ0n) is 22.4. The first-order valence-corrected chi connectivity index (χ1v) is 14.1. The molecule has 0 radical (unpaired) electrons. The Morgan fingerprint density at radius 1 is 0.895 bits per heavy atom. The zero-order valence-corrected chi connectivity index (χ0v) is 23.1. The van der Waals surface area contributed by atoms with E-state index >= 15 is 0 Å². The van der Waals surface area contributed by atoms with Gasteiger partial charge >= 0.3 is 5.97 Å². The van der Waals surface area contributed by atoms with E-state index in [-0.39, 0.29) is 12.6 Å². The average Bonchev–Trinajstić information content (AvgIpc) is 2.92. The van der Waals surface area contributed by atoms with E-state index in [1.54, 1.807) is 18.2 Å². The summed E-state index contributed by atoms with van der Waals surface area (Å²) in [5.41, 5.74) is 2.15. The summed E-state index contributed by atoms with van der Waals surface area (Å²) in [4.78, 5) is 12.2. The Morgan fingerprint density at radius 2 is 1.58 bits per heavy atom. The maximum atomic E-state index is 12.2. The second-order valence-corrected chi connectivity index (χ2v) is 10.2. The number of aliphatic hydroxyl groups excluding tert-OH is 3. The highest BCUT2D eigenvalue weighted by Gasteiger charge is 2.44. The summed E-state index contributed by atoms with van der Waals surface area (Å²) in [6.45, 7) is 4.45. The number of unbranched alkanes of at least 4 members (excludes halogenated alkanes) is 6. The summed E-state index contributed by atoms with van der Waals surface area (Å²) in [6.07, 6.45) is 1.80. The number of carbonyl (C=O) groups excluding carboxylic acids is 1. The third kappa shape index (κ3) is 8.42. The van der Waals surface area contributed by atoms with Crippen LogP contribution in [-0.2, 0) is 14.3 Å². The Labute approximate surface area is 230 Å². The van der Waals surface area contributed by atoms with Crippen LogP contribution in [-0.4, -0.2) is 58.9 Å². The molecule has 0 aromatic heterocycles. The Kier molecular flexibility index (Phi) is 12.3. The molecule has 3 N–H and O–H groups in total. The van der Waals surface area contributed by atoms with Crippen molar-refractivity contribution in [1.29, 1.82) is 0 Å². The van der Waals surface area contributed by atoms with Gasteiger partial charge in [-0.25, -0.2) is 0 Å². The highest BCUT2D eigenvalue weighted by molar-refractivity contribution is 6.33. The molecule has 0 spiro atoms. The second-order valence-electron chi connectivity index (χ2n) is 9.82. The lowest BCUT2D eigenvalue weighted by atomic mass is 9.90. The molecule has 0 bridgehead atoms. The maximum Gasteiger partial charge on any atom is 0.305 e. The number of halogens is 1. The molecule has 2 aromatic carbocycles. The molecule has 1 aliphatic heterocycles. The van der Waals surface area contributed by atoms with Gasteiger partial charge < -0.3 is 29.5 Å². The Bertz CT molecular complexity index is 997. The Balaban J connectivity index is 1.61. The average molecular weight is 549 g/mol. The van der Waals surface area contributed by atoms with Gasteiger partial charge in [-0.1, -0.05) is 75.2 Å². The van der Waals surface area contributed by atoms with E-state index in [0.717, 1.165) is 36.1 Å². The number of aliphatic hydroxyl groups is 3. The summed E-state index contributed by atoms with van der Waals surface area (Å²) in [7, 11) is 0. The molecule has 7 nitrogen and oxygen atoms in total. The van der Waals surface area contributed by atoms with Gasteiger partial charge in [0.05, 0.1) is 6.61 Å². The van der Waals surface area contributed by atoms with E-state index in [4.69, 9.17) is 25.8 Å². The van der Waals surface area contributed by atoms with Crippen LogP contribution in [0, 0.1) is 0 Å². The molecular weight excluding hydrogens is 508 g/mol. The number of rotatable bonds is 14. The van der Waals surface area contributed by atoms with Crippen molar-refractivity contribution in [3.63, 3.8) is 0 Å². The molecular formula is C30H41ClO7. The van der Waals surface area contributed by atoms with Gasteiger partial charge in [0, 0.05) is 17.0 Å². The van der Waals surface area contributed by atoms with Gasteiger partial charge in [0.1, 0.15) is 42.9 Å². The van der Waals surface area contributed by atoms with Crippen LogP contribution in [0.15, 0.2) is 42.5 Å². The summed E-state index contributed by atoms with van der Waals surface area (Å²) < 4.78 is 16.8. The van der Waals surface area contributed by atoms with Crippen molar-refractivity contribution in [3.05, 3.63) is 53.1 Å². The third-order valence-corrected chi connectivity index (χ3v) is 7.23. The van der Waals surface area contributed by atoms with Crippen molar-refractivity contribution >= 4 is 17.6 Å². The van der Waals surface area contributed by atoms with Gasteiger partial charge in [0.25, 0.3) is 0 Å². The predicted octanol–water partition coefficient (Wildman–Crippen LogP) is 5.61. The topological polar surface area (TPSA) is 105 Å². The summed E-state index contributed by atoms with van der Waals surface area (Å²) >= 11 is 6.47. The quantitative estimate of drug-likeness (QED) is 0.208. The molecule has 210 valence electrons. The molecule has 8 heteroatoms. The van der Waals surface area contributed by atoms with Crippen LogP contribution in [0.3, 0.4) is 0 Å². The number of benzene rings is 2. The van der Waals surface area contributed by atoms with E-state index in [2.05, 4.69) is 6.92 Å². The lowest BCUT2D eigenvalue weighted by Crippen LogP contribution is -2.55. The standard InChI is InChI=1S/C30H41ClO7/c1-3-5-6-7-8-9-10-11-26(32)37-19-25-27(33)28(34)29(35)30(38-25)21-14-17-24(31)23(18-21)20-12-15-22(16-13-20)36-4-2/h12-18,25,27-30,33-35H,3-11,19H2,1-2H3/t25-,27-,28+,29-,30+/m1/s1. The first-order chi connectivity index (χ1) is 18.3. The molecule has 2 aromatic rings. The predicted molar refractivity (Wildman–Crippen MR) is 147 cm³/mol. The minimum Gasteiger partial charge on any atom is -0.494 e. The van der Waals surface area contributed by atoms with Crippen LogP contribution >= 0.6 is 11.6 Å². The molecule has 1 heterocycles. The van der Waals surface area contributed by atoms with Gasteiger partial charge in [0.2, 0.25) is 0 Å². The summed E-state index contributed by atoms with van der Waals surface area (Å²) in [5, 5.41) is 32.3. The highest BCUT2D eigenvalue weighted by Crippen LogP contribution is 2.37. The lowest BCUT2D eigenvalue weighted by molar-refractivity contribution is -0.234. The number of hydrogen-bond acceptors (Lipinski definition) is 7. The summed E-state index contributed by atoms with van der Waals surface area (Å²) in [6, 6.07) is 12.7. The third-order valence-electron chi connectivity index (χ3n) is 6.90. The summed E-state index contributed by atoms with van der Waals surface area (Å²) in [5.74, 6) is 0.381. The van der Waals surface area contributed by atoms with Crippen LogP contribution in [0.4, 0.5) is 0 Å². The van der Waals surface area contributed by atoms with Crippen LogP contribution in [0.25, 0.3) is 11.1 Å². The van der Waals surface area contributed by atoms with Gasteiger partial charge in [-0.15, -0.1) is 0 Å². The highest BCUT2D eigenvalue weighted by atomic mass is 35.5. The van der Waals surface area contributed by atoms with Gasteiger partial charge in [-0.05, 0) is 48.7 Å². The van der Waals surface area contributed by atoms with E-state index < -0.39 is 30.5 Å². The molecule has 5 atom stereocenters. The van der Waals surface area contributed by atoms with E-state index in [0.29, 0.717) is 23.6 Å². The number of esters is 1. The number of hydrogen-bond donors (Lipinski definition) is 3. The smallest absolute Gasteiger partial charge is 0.305 e. The minimum atomic E-state index is -1.47. The van der Waals surface area contributed by atoms with E-state index in [1.807, 2.05) is 31.2 Å². The molecule has 38 heavy (non-hydrogen) atoms. The maximum absolute atomic E-state index is 12.2. The van der Waals surface area contributed by atoms with Crippen LogP contribution < -0.4 is 4.74 Å². The second kappa shape index (κ2) is 15.4. The fraction of sp³-hybridized carbons (Fsp3) is 0.567. The van der Waals surface area contributed by atoms with Gasteiger partial charge in [0.15, 0.2) is 0 Å². The normalized spacial score (nSPS) is 23.3. The number of carbonyl (C=O) groups is 1. The van der Waals surface area contributed by atoms with Crippen molar-refractivity contribution in [3.8, 4) is 16.9 Å². The van der Waals surface area contributed by atoms with Crippen molar-refractivity contribution < 1.29 is 34.3 Å². The van der Waals surface area contributed by atoms with Crippen molar-refractivity contribution in [1.82, 2.24) is 0 Å². The fourth-order valence-corrected chi connectivity index (χ4v) is 4.90. The van der Waals surface area contributed by atoms with Crippen molar-refractivity contribution in [2.45, 2.75) is 95.7 Å². The molecule has 0 amide bonds. The van der Waals surface area contributed by atoms with Crippen LogP contribution in [0.5, 0.6) is 5.75 Å². The molecule has 0 unspecified atom stereocenters. The lowest BCUT2D eigenvalue weighted by Gasteiger charge is -2.40. The van der Waals surface area contributed by atoms with Crippen molar-refractivity contribution in [2.24, 2.45) is 0 Å². The monoisotopic (exact) mass is 548 g/mol. The molecule has 1 aliphatic rings. The number of ether oxygens (including phenoxy) is 3. The molecule has 0 aliphatic carbocycles. The van der Waals surface area contributed by atoms with Crippen molar-refractivity contribution in [2.75, 3.05) is 13.2 Å². The minimum absolute atomic E-state index is 0.212. The Hall–Kier alpha value is -2.16. The zero-order chi connectivity index (χ0) is 27.5. The molecule has 1 fully saturated rings. The largest absolute Gasteiger partial charge is 0.494 e. The SMILES string of the molecule is CCCCCCCCCC(=O)OC[C@H]1O[C@@H](c2ccc(Cl)c(-c3ccc(OCC)cc3)c2)[C@H](O)[C@@H](O)[C@@H]1O. The first-order valence-electron chi connectivity index (χ1n) is 13.7. The van der Waals surface area contributed by atoms with Gasteiger partial charge in [-0.2, -0.15) is 0 Å². The van der Waals surface area contributed by atoms with Crippen LogP contribution in [0.2, 0.25) is 5.02 Å². The molecule has 1 saturated heterocycles. The Morgan fingerprint density at radius 3 is 2.26 bits per heavy atom. The molecule has 0 saturated carbocycles.